The van der Waals surface area contributed by atoms with Crippen molar-refractivity contribution in [2.24, 2.45) is 0 Å². The van der Waals surface area contributed by atoms with Gasteiger partial charge >= 0.3 is 5.97 Å². The Hall–Kier alpha value is -0.0751. The molecule has 0 aromatic carbocycles. The molecule has 0 aliphatic carbocycles. The molecule has 0 aromatic heterocycles. The minimum Gasteiger partial charge on any atom is -0.462 e. The fraction of sp³-hybridized carbons (Fsp3) is 0.929. The van der Waals surface area contributed by atoms with Gasteiger partial charge in [0.2, 0.25) is 0 Å². The summed E-state index contributed by atoms with van der Waals surface area (Å²) in [7, 11) is 2.64. The van der Waals surface area contributed by atoms with E-state index < -0.39 is 5.60 Å². The van der Waals surface area contributed by atoms with Gasteiger partial charge in [-0.3, -0.25) is 4.79 Å². The monoisotopic (exact) mass is 288 g/mol. The van der Waals surface area contributed by atoms with Gasteiger partial charge in [0.1, 0.15) is 14.5 Å². The number of carbonyl (C=O) groups is 1. The van der Waals surface area contributed by atoms with Crippen LogP contribution in [0.15, 0.2) is 0 Å². The van der Waals surface area contributed by atoms with Crippen molar-refractivity contribution in [1.29, 1.82) is 0 Å². The molecule has 0 bridgehead atoms. The van der Waals surface area contributed by atoms with Crippen LogP contribution in [0.1, 0.15) is 47.5 Å². The second kappa shape index (κ2) is 8.27. The van der Waals surface area contributed by atoms with E-state index in [9.17, 15) is 4.79 Å². The molecule has 0 amide bonds. The van der Waals surface area contributed by atoms with Crippen LogP contribution in [-0.2, 0) is 14.3 Å². The Kier molecular flexibility index (Phi) is 8.23. The number of hydrogen-bond donors (Lipinski definition) is 0. The molecule has 2 unspecified atom stereocenters. The number of unbranched alkanes of at least 4 members (excludes halogenated alkanes) is 1. The molecule has 112 valence electrons. The summed E-state index contributed by atoms with van der Waals surface area (Å²) in [5.74, 6) is -0.0968. The van der Waals surface area contributed by atoms with Crippen molar-refractivity contribution in [3.8, 4) is 0 Å². The molecule has 0 fully saturated rings. The third-order valence-corrected chi connectivity index (χ3v) is 4.62. The molecular weight excluding hydrogens is 258 g/mol. The van der Waals surface area contributed by atoms with Gasteiger partial charge in [0.25, 0.3) is 0 Å². The Morgan fingerprint density at radius 3 is 2.32 bits per heavy atom. The first kappa shape index (κ1) is 18.9. The standard InChI is InChI=1S/C14H30BO3P/c1-7-8-9-18-13(2,3)10-17-12(16)11(19-6)14(4,5)15/h11,19H,7-10,15H2,1-6H3. The number of carbonyl (C=O) groups excluding carboxylic acids is 1. The van der Waals surface area contributed by atoms with Crippen LogP contribution in [0.25, 0.3) is 0 Å². The third kappa shape index (κ3) is 7.94. The van der Waals surface area contributed by atoms with Crippen LogP contribution in [-0.4, -0.2) is 45.0 Å². The molecule has 0 heterocycles. The average molecular weight is 288 g/mol. The molecule has 0 saturated carbocycles. The maximum atomic E-state index is 12.1. The Balaban J connectivity index is 4.26. The Morgan fingerprint density at radius 1 is 1.32 bits per heavy atom. The highest BCUT2D eigenvalue weighted by Crippen LogP contribution is 2.37. The van der Waals surface area contributed by atoms with E-state index in [1.54, 1.807) is 0 Å². The van der Waals surface area contributed by atoms with Crippen molar-refractivity contribution in [3.63, 3.8) is 0 Å². The van der Waals surface area contributed by atoms with Crippen LogP contribution in [0, 0.1) is 0 Å². The fourth-order valence-electron chi connectivity index (χ4n) is 1.77. The van der Waals surface area contributed by atoms with Gasteiger partial charge in [-0.25, -0.2) is 0 Å². The minimum atomic E-state index is -0.399. The second-order valence-corrected chi connectivity index (χ2v) is 7.81. The van der Waals surface area contributed by atoms with Crippen LogP contribution >= 0.6 is 8.58 Å². The number of hydrogen-bond acceptors (Lipinski definition) is 3. The normalized spacial score (nSPS) is 14.8. The lowest BCUT2D eigenvalue weighted by atomic mass is 9.69. The Labute approximate surface area is 121 Å². The summed E-state index contributed by atoms with van der Waals surface area (Å²) in [6, 6.07) is 0. The van der Waals surface area contributed by atoms with Gasteiger partial charge in [0.15, 0.2) is 0 Å². The number of esters is 1. The highest BCUT2D eigenvalue weighted by atomic mass is 31.1. The fourth-order valence-corrected chi connectivity index (χ4v) is 2.95. The second-order valence-electron chi connectivity index (χ2n) is 6.66. The van der Waals surface area contributed by atoms with E-state index in [2.05, 4.69) is 35.3 Å². The molecule has 2 atom stereocenters. The first-order chi connectivity index (χ1) is 8.64. The molecule has 0 aliphatic rings. The zero-order valence-electron chi connectivity index (χ0n) is 13.6. The van der Waals surface area contributed by atoms with Crippen molar-refractivity contribution in [2.75, 3.05) is 19.9 Å². The summed E-state index contributed by atoms with van der Waals surface area (Å²) in [5, 5.41) is -0.0442. The van der Waals surface area contributed by atoms with E-state index >= 15 is 0 Å². The highest BCUT2D eigenvalue weighted by molar-refractivity contribution is 7.39. The summed E-state index contributed by atoms with van der Waals surface area (Å²) in [5.41, 5.74) is -0.427. The third-order valence-electron chi connectivity index (χ3n) is 2.94. The zero-order chi connectivity index (χ0) is 15.1. The number of rotatable bonds is 9. The first-order valence-corrected chi connectivity index (χ1v) is 8.69. The van der Waals surface area contributed by atoms with Crippen molar-refractivity contribution >= 4 is 22.4 Å². The van der Waals surface area contributed by atoms with Gasteiger partial charge in [-0.1, -0.05) is 27.2 Å². The SMILES string of the molecule is BC(C)(C)C(PC)C(=O)OCC(C)(C)OCCCC. The van der Waals surface area contributed by atoms with E-state index in [0.717, 1.165) is 19.4 Å². The molecule has 0 spiro atoms. The maximum absolute atomic E-state index is 12.1. The lowest BCUT2D eigenvalue weighted by Crippen LogP contribution is -2.36. The highest BCUT2D eigenvalue weighted by Gasteiger charge is 2.32. The van der Waals surface area contributed by atoms with E-state index in [-0.39, 0.29) is 16.9 Å². The van der Waals surface area contributed by atoms with Gasteiger partial charge in [-0.05, 0) is 32.2 Å². The van der Waals surface area contributed by atoms with Crippen LogP contribution in [0.4, 0.5) is 0 Å². The molecule has 0 N–H and O–H groups in total. The Bertz CT molecular complexity index is 274. The molecule has 0 aliphatic heterocycles. The summed E-state index contributed by atoms with van der Waals surface area (Å²) in [6.07, 6.45) is 2.15. The van der Waals surface area contributed by atoms with Gasteiger partial charge in [-0.2, -0.15) is 0 Å². The van der Waals surface area contributed by atoms with Crippen LogP contribution in [0.5, 0.6) is 0 Å². The quantitative estimate of drug-likeness (QED) is 0.283. The first-order valence-electron chi connectivity index (χ1n) is 7.12. The topological polar surface area (TPSA) is 35.5 Å². The average Bonchev–Trinajstić information content (AvgIpc) is 2.26. The van der Waals surface area contributed by atoms with Gasteiger partial charge in [0.05, 0.1) is 11.3 Å². The smallest absolute Gasteiger partial charge is 0.312 e. The predicted molar refractivity (Wildman–Crippen MR) is 86.5 cm³/mol. The van der Waals surface area contributed by atoms with Crippen LogP contribution < -0.4 is 0 Å². The lowest BCUT2D eigenvalue weighted by molar-refractivity contribution is -0.153. The maximum Gasteiger partial charge on any atom is 0.312 e. The molecule has 5 heteroatoms. The molecule has 0 aromatic rings. The molecule has 0 saturated heterocycles. The Morgan fingerprint density at radius 2 is 1.89 bits per heavy atom. The molecule has 0 rings (SSSR count). The zero-order valence-corrected chi connectivity index (χ0v) is 14.6. The van der Waals surface area contributed by atoms with Gasteiger partial charge < -0.3 is 9.47 Å². The largest absolute Gasteiger partial charge is 0.462 e. The van der Waals surface area contributed by atoms with Crippen molar-refractivity contribution in [1.82, 2.24) is 0 Å². The van der Waals surface area contributed by atoms with E-state index in [0.29, 0.717) is 15.2 Å². The summed E-state index contributed by atoms with van der Waals surface area (Å²) >= 11 is 0. The van der Waals surface area contributed by atoms with Gasteiger partial charge in [0, 0.05) is 6.61 Å². The van der Waals surface area contributed by atoms with Crippen LogP contribution in [0.3, 0.4) is 0 Å². The van der Waals surface area contributed by atoms with E-state index in [1.165, 1.54) is 0 Å². The lowest BCUT2D eigenvalue weighted by Gasteiger charge is -2.30. The summed E-state index contributed by atoms with van der Waals surface area (Å²) < 4.78 is 11.2. The summed E-state index contributed by atoms with van der Waals surface area (Å²) in [4.78, 5) is 12.1. The van der Waals surface area contributed by atoms with Crippen molar-refractivity contribution in [2.45, 2.75) is 64.0 Å². The van der Waals surface area contributed by atoms with Crippen molar-refractivity contribution in [3.05, 3.63) is 0 Å². The molecule has 0 radical (unpaired) electrons. The van der Waals surface area contributed by atoms with Crippen molar-refractivity contribution < 1.29 is 14.3 Å². The van der Waals surface area contributed by atoms with E-state index in [1.807, 2.05) is 13.8 Å². The van der Waals surface area contributed by atoms with Crippen LogP contribution in [0.2, 0.25) is 5.31 Å². The number of ether oxygens (including phenoxy) is 2. The molecular formula is C14H30BO3P. The van der Waals surface area contributed by atoms with E-state index in [4.69, 9.17) is 9.47 Å². The predicted octanol–water partition coefficient (Wildman–Crippen LogP) is 2.63. The molecule has 3 nitrogen and oxygen atoms in total. The minimum absolute atomic E-state index is 0.0288. The molecule has 19 heavy (non-hydrogen) atoms. The van der Waals surface area contributed by atoms with Gasteiger partial charge in [-0.15, -0.1) is 8.58 Å². The summed E-state index contributed by atoms with van der Waals surface area (Å²) in [6.45, 7) is 13.3.